The molecule has 62 heavy (non-hydrogen) atoms. The summed E-state index contributed by atoms with van der Waals surface area (Å²) in [7, 11) is -3.06. The molecule has 0 aliphatic rings. The van der Waals surface area contributed by atoms with Crippen molar-refractivity contribution in [3.8, 4) is 11.5 Å². The van der Waals surface area contributed by atoms with Crippen molar-refractivity contribution in [2.45, 2.75) is 0 Å². The van der Waals surface area contributed by atoms with Crippen LogP contribution in [0.4, 0.5) is 0 Å². The van der Waals surface area contributed by atoms with Crippen LogP contribution < -0.4 is 20.7 Å². The largest absolute Gasteiger partial charge is 0.307 e. The fourth-order valence-corrected chi connectivity index (χ4v) is 15.3. The Morgan fingerprint density at radius 2 is 0.887 bits per heavy atom. The van der Waals surface area contributed by atoms with E-state index in [1.165, 1.54) is 64.1 Å². The third-order valence-corrected chi connectivity index (χ3v) is 17.8. The molecule has 0 saturated heterocycles. The van der Waals surface area contributed by atoms with Crippen molar-refractivity contribution in [3.63, 3.8) is 0 Å². The zero-order chi connectivity index (χ0) is 40.8. The Morgan fingerprint density at radius 3 is 1.58 bits per heavy atom. The molecule has 0 saturated carbocycles. The topological polar surface area (TPSA) is 40.0 Å². The molecular formula is C56H37N5Si. The van der Waals surface area contributed by atoms with Gasteiger partial charge in [-0.25, -0.2) is 9.97 Å². The van der Waals surface area contributed by atoms with Crippen molar-refractivity contribution in [1.29, 1.82) is 0 Å². The Balaban J connectivity index is 1.19. The summed E-state index contributed by atoms with van der Waals surface area (Å²) in [5.74, 6) is 0.882. The number of fused-ring (bicyclic) bond motifs is 13. The average Bonchev–Trinajstić information content (AvgIpc) is 4.07. The van der Waals surface area contributed by atoms with E-state index < -0.39 is 8.07 Å². The van der Waals surface area contributed by atoms with E-state index in [-0.39, 0.29) is 0 Å². The molecule has 290 valence electrons. The fraction of sp³-hybridized carbons (Fsp3) is 0. The second kappa shape index (κ2) is 13.5. The van der Waals surface area contributed by atoms with Gasteiger partial charge in [-0.2, -0.15) is 0 Å². The normalized spacial score (nSPS) is 12.2. The van der Waals surface area contributed by atoms with Gasteiger partial charge >= 0.3 is 0 Å². The first-order valence-electron chi connectivity index (χ1n) is 21.2. The van der Waals surface area contributed by atoms with E-state index >= 15 is 0 Å². The highest BCUT2D eigenvalue weighted by Gasteiger charge is 2.42. The van der Waals surface area contributed by atoms with E-state index in [1.54, 1.807) is 0 Å². The minimum atomic E-state index is -3.06. The number of benzene rings is 8. The third kappa shape index (κ3) is 4.84. The minimum Gasteiger partial charge on any atom is -0.307 e. The van der Waals surface area contributed by atoms with E-state index in [4.69, 9.17) is 9.97 Å². The lowest BCUT2D eigenvalue weighted by Gasteiger charge is -2.35. The highest BCUT2D eigenvalue weighted by Crippen LogP contribution is 2.41. The molecule has 13 aromatic rings. The van der Waals surface area contributed by atoms with E-state index in [1.807, 2.05) is 18.5 Å². The van der Waals surface area contributed by atoms with Gasteiger partial charge in [0, 0.05) is 56.6 Å². The Bertz CT molecular complexity index is 3810. The molecule has 5 heterocycles. The molecule has 0 amide bonds. The fourth-order valence-electron chi connectivity index (χ4n) is 10.5. The van der Waals surface area contributed by atoms with Crippen molar-refractivity contribution in [2.75, 3.05) is 0 Å². The molecule has 5 nitrogen and oxygen atoms in total. The summed E-state index contributed by atoms with van der Waals surface area (Å²) in [5, 5.41) is 13.6. The number of imidazole rings is 1. The number of nitrogens with zero attached hydrogens (tertiary/aromatic N) is 5. The van der Waals surface area contributed by atoms with Crippen LogP contribution in [0.1, 0.15) is 0 Å². The maximum absolute atomic E-state index is 5.09. The molecule has 0 unspecified atom stereocenters. The van der Waals surface area contributed by atoms with Gasteiger partial charge in [-0.3, -0.25) is 8.97 Å². The van der Waals surface area contributed by atoms with Gasteiger partial charge in [0.15, 0.2) is 8.07 Å². The Labute approximate surface area is 358 Å². The van der Waals surface area contributed by atoms with E-state index in [9.17, 15) is 0 Å². The number of hydrogen-bond acceptors (Lipinski definition) is 2. The van der Waals surface area contributed by atoms with Crippen LogP contribution in [0.15, 0.2) is 225 Å². The first kappa shape index (κ1) is 34.8. The van der Waals surface area contributed by atoms with Crippen LogP contribution in [-0.4, -0.2) is 31.6 Å². The molecule has 0 fully saturated rings. The summed E-state index contributed by atoms with van der Waals surface area (Å²) in [4.78, 5) is 10.1. The molecule has 0 spiro atoms. The molecule has 13 rings (SSSR count). The van der Waals surface area contributed by atoms with Crippen molar-refractivity contribution < 1.29 is 0 Å². The SMILES string of the molecule is c1ccc(-n2c3ccccc3c3ccc4c5ccc([Si](c6ccccc6)(c6ccccc6)c6ccc7c8ccccc8n8ccnc8c7c6)cc5n(-c5ccccn5)c4c32)cc1. The highest BCUT2D eigenvalue weighted by molar-refractivity contribution is 7.20. The van der Waals surface area contributed by atoms with Crippen LogP contribution >= 0.6 is 0 Å². The van der Waals surface area contributed by atoms with Gasteiger partial charge in [0.2, 0.25) is 0 Å². The lowest BCUT2D eigenvalue weighted by Crippen LogP contribution is -2.74. The minimum absolute atomic E-state index is 0.882. The molecule has 0 atom stereocenters. The van der Waals surface area contributed by atoms with Crippen LogP contribution in [0, 0.1) is 0 Å². The third-order valence-electron chi connectivity index (χ3n) is 13.1. The summed E-state index contributed by atoms with van der Waals surface area (Å²) < 4.78 is 7.10. The second-order valence-electron chi connectivity index (χ2n) is 16.2. The standard InChI is InChI=1S/C56H37N5Si/c1-4-16-38(17-5-1)60-51-25-13-11-23-45(51)47-31-32-48-46-30-28-42(37-52(46)61(55(48)54(47)60)53-26-14-15-33-57-53)62(39-18-6-2-7-19-39,40-20-8-3-9-21-40)41-27-29-43-44-22-10-12-24-50(44)59-35-34-58-56(59)49(43)36-41/h1-37H. The monoisotopic (exact) mass is 807 g/mol. The van der Waals surface area contributed by atoms with Crippen LogP contribution in [0.5, 0.6) is 0 Å². The van der Waals surface area contributed by atoms with Gasteiger partial charge in [0.05, 0.1) is 27.6 Å². The molecule has 0 aliphatic carbocycles. The second-order valence-corrected chi connectivity index (χ2v) is 20.0. The van der Waals surface area contributed by atoms with Gasteiger partial charge in [-0.15, -0.1) is 0 Å². The molecule has 0 radical (unpaired) electrons. The lowest BCUT2D eigenvalue weighted by atomic mass is 10.1. The van der Waals surface area contributed by atoms with Crippen LogP contribution in [0.2, 0.25) is 0 Å². The summed E-state index contributed by atoms with van der Waals surface area (Å²) >= 11 is 0. The Hall–Kier alpha value is -8.06. The highest BCUT2D eigenvalue weighted by atomic mass is 28.3. The molecule has 0 N–H and O–H groups in total. The maximum atomic E-state index is 5.09. The Morgan fingerprint density at radius 1 is 0.339 bits per heavy atom. The molecule has 8 aromatic carbocycles. The molecule has 6 heteroatoms. The maximum Gasteiger partial charge on any atom is 0.179 e. The summed E-state index contributed by atoms with van der Waals surface area (Å²) in [5.41, 5.74) is 7.85. The van der Waals surface area contributed by atoms with Gasteiger partial charge in [0.25, 0.3) is 0 Å². The lowest BCUT2D eigenvalue weighted by molar-refractivity contribution is 1.08. The van der Waals surface area contributed by atoms with Gasteiger partial charge < -0.3 is 4.57 Å². The van der Waals surface area contributed by atoms with Gasteiger partial charge in [-0.05, 0) is 68.6 Å². The average molecular weight is 808 g/mol. The zero-order valence-electron chi connectivity index (χ0n) is 33.6. The predicted molar refractivity (Wildman–Crippen MR) is 260 cm³/mol. The van der Waals surface area contributed by atoms with Gasteiger partial charge in [-0.1, -0.05) is 164 Å². The summed E-state index contributed by atoms with van der Waals surface area (Å²) in [6.07, 6.45) is 5.92. The number of aromatic nitrogens is 5. The van der Waals surface area contributed by atoms with Crippen molar-refractivity contribution in [3.05, 3.63) is 225 Å². The van der Waals surface area contributed by atoms with E-state index in [0.717, 1.165) is 39.1 Å². The van der Waals surface area contributed by atoms with Crippen molar-refractivity contribution in [1.82, 2.24) is 23.5 Å². The smallest absolute Gasteiger partial charge is 0.179 e. The summed E-state index contributed by atoms with van der Waals surface area (Å²) in [6.45, 7) is 0. The molecule has 0 aliphatic heterocycles. The predicted octanol–water partition coefficient (Wildman–Crippen LogP) is 10.6. The van der Waals surface area contributed by atoms with Crippen LogP contribution in [0.3, 0.4) is 0 Å². The number of para-hydroxylation sites is 3. The van der Waals surface area contributed by atoms with Crippen molar-refractivity contribution >= 4 is 99.8 Å². The van der Waals surface area contributed by atoms with Gasteiger partial charge in [0.1, 0.15) is 11.5 Å². The van der Waals surface area contributed by atoms with Crippen LogP contribution in [0.25, 0.3) is 82.4 Å². The van der Waals surface area contributed by atoms with E-state index in [2.05, 4.69) is 220 Å². The van der Waals surface area contributed by atoms with E-state index in [0.29, 0.717) is 0 Å². The molecule has 0 bridgehead atoms. The van der Waals surface area contributed by atoms with Crippen molar-refractivity contribution in [2.24, 2.45) is 0 Å². The van der Waals surface area contributed by atoms with Crippen LogP contribution in [-0.2, 0) is 0 Å². The summed E-state index contributed by atoms with van der Waals surface area (Å²) in [6, 6.07) is 76.0. The number of rotatable bonds is 6. The number of hydrogen-bond donors (Lipinski definition) is 0. The molecular weight excluding hydrogens is 771 g/mol. The first-order valence-corrected chi connectivity index (χ1v) is 23.2. The zero-order valence-corrected chi connectivity index (χ0v) is 34.6. The number of pyridine rings is 2. The Kier molecular flexibility index (Phi) is 7.56. The first-order chi connectivity index (χ1) is 30.8. The quantitative estimate of drug-likeness (QED) is 0.0954. The molecule has 5 aromatic heterocycles.